The molecular formula is C14H19NO4. The van der Waals surface area contributed by atoms with Crippen molar-refractivity contribution in [2.75, 3.05) is 6.61 Å². The summed E-state index contributed by atoms with van der Waals surface area (Å²) in [6.45, 7) is 6.01. The summed E-state index contributed by atoms with van der Waals surface area (Å²) in [4.78, 5) is 21.9. The van der Waals surface area contributed by atoms with E-state index in [1.165, 1.54) is 0 Å². The predicted octanol–water partition coefficient (Wildman–Crippen LogP) is 2.92. The molecule has 0 saturated heterocycles. The highest BCUT2D eigenvalue weighted by Crippen LogP contribution is 2.18. The van der Waals surface area contributed by atoms with Gasteiger partial charge in [-0.1, -0.05) is 31.2 Å². The standard InChI is InChI=1S/C14H19NO4/c1-4-18-14(16)13(10(2)3)19-12-7-5-11(6-8-12)9-15-17/h5-8,10,13H,4,9H2,1-3H3/t13-/m0/s1. The summed E-state index contributed by atoms with van der Waals surface area (Å²) in [5.41, 5.74) is 0.805. The van der Waals surface area contributed by atoms with Crippen LogP contribution in [0.25, 0.3) is 0 Å². The lowest BCUT2D eigenvalue weighted by Gasteiger charge is -2.20. The Morgan fingerprint density at radius 2 is 1.89 bits per heavy atom. The summed E-state index contributed by atoms with van der Waals surface area (Å²) in [7, 11) is 0. The van der Waals surface area contributed by atoms with Gasteiger partial charge in [0, 0.05) is 5.92 Å². The third-order valence-corrected chi connectivity index (χ3v) is 2.56. The Morgan fingerprint density at radius 3 is 2.37 bits per heavy atom. The number of esters is 1. The van der Waals surface area contributed by atoms with Gasteiger partial charge in [0.2, 0.25) is 0 Å². The van der Waals surface area contributed by atoms with Gasteiger partial charge in [-0.25, -0.2) is 4.79 Å². The second kappa shape index (κ2) is 7.51. The van der Waals surface area contributed by atoms with E-state index in [-0.39, 0.29) is 18.4 Å². The second-order valence-electron chi connectivity index (χ2n) is 4.47. The van der Waals surface area contributed by atoms with Crippen LogP contribution in [0.2, 0.25) is 0 Å². The van der Waals surface area contributed by atoms with Gasteiger partial charge in [0.15, 0.2) is 6.10 Å². The fraction of sp³-hybridized carbons (Fsp3) is 0.500. The van der Waals surface area contributed by atoms with Crippen LogP contribution in [-0.2, 0) is 16.1 Å². The van der Waals surface area contributed by atoms with Crippen molar-refractivity contribution in [2.24, 2.45) is 11.1 Å². The minimum atomic E-state index is -0.630. The van der Waals surface area contributed by atoms with Crippen LogP contribution in [0.1, 0.15) is 26.3 Å². The molecule has 1 aromatic carbocycles. The van der Waals surface area contributed by atoms with Gasteiger partial charge in [0.05, 0.1) is 6.61 Å². The van der Waals surface area contributed by atoms with E-state index in [1.807, 2.05) is 13.8 Å². The van der Waals surface area contributed by atoms with Gasteiger partial charge in [-0.2, -0.15) is 4.91 Å². The molecule has 0 spiro atoms. The first-order chi connectivity index (χ1) is 9.08. The molecule has 0 unspecified atom stereocenters. The Hall–Kier alpha value is -1.91. The van der Waals surface area contributed by atoms with Crippen molar-refractivity contribution < 1.29 is 14.3 Å². The average molecular weight is 265 g/mol. The molecule has 1 rings (SSSR count). The monoisotopic (exact) mass is 265 g/mol. The van der Waals surface area contributed by atoms with E-state index in [2.05, 4.69) is 5.18 Å². The van der Waals surface area contributed by atoms with Crippen molar-refractivity contribution >= 4 is 5.97 Å². The number of rotatable bonds is 7. The number of hydrogen-bond donors (Lipinski definition) is 0. The molecule has 0 saturated carbocycles. The summed E-state index contributed by atoms with van der Waals surface area (Å²) < 4.78 is 10.6. The van der Waals surface area contributed by atoms with Gasteiger partial charge in [0.25, 0.3) is 0 Å². The molecule has 0 radical (unpaired) electrons. The quantitative estimate of drug-likeness (QED) is 0.561. The highest BCUT2D eigenvalue weighted by Gasteiger charge is 2.25. The molecule has 19 heavy (non-hydrogen) atoms. The zero-order valence-electron chi connectivity index (χ0n) is 11.5. The lowest BCUT2D eigenvalue weighted by atomic mass is 10.1. The van der Waals surface area contributed by atoms with E-state index in [9.17, 15) is 9.70 Å². The van der Waals surface area contributed by atoms with Gasteiger partial charge in [-0.3, -0.25) is 0 Å². The maximum Gasteiger partial charge on any atom is 0.347 e. The topological polar surface area (TPSA) is 65.0 Å². The average Bonchev–Trinajstić information content (AvgIpc) is 2.38. The van der Waals surface area contributed by atoms with E-state index < -0.39 is 6.10 Å². The van der Waals surface area contributed by atoms with Crippen molar-refractivity contribution in [1.82, 2.24) is 0 Å². The maximum atomic E-state index is 11.8. The zero-order valence-corrected chi connectivity index (χ0v) is 11.5. The molecule has 0 amide bonds. The van der Waals surface area contributed by atoms with Crippen LogP contribution >= 0.6 is 0 Å². The van der Waals surface area contributed by atoms with Crippen LogP contribution < -0.4 is 4.74 Å². The van der Waals surface area contributed by atoms with E-state index in [0.29, 0.717) is 12.4 Å². The van der Waals surface area contributed by atoms with E-state index in [1.54, 1.807) is 31.2 Å². The fourth-order valence-electron chi connectivity index (χ4n) is 1.58. The molecule has 0 aliphatic carbocycles. The summed E-state index contributed by atoms with van der Waals surface area (Å²) >= 11 is 0. The highest BCUT2D eigenvalue weighted by atomic mass is 16.6. The Balaban J connectivity index is 2.73. The third-order valence-electron chi connectivity index (χ3n) is 2.56. The first-order valence-electron chi connectivity index (χ1n) is 6.29. The fourth-order valence-corrected chi connectivity index (χ4v) is 1.58. The van der Waals surface area contributed by atoms with Crippen molar-refractivity contribution in [3.8, 4) is 5.75 Å². The molecule has 5 heteroatoms. The van der Waals surface area contributed by atoms with Crippen LogP contribution in [0, 0.1) is 10.8 Å². The van der Waals surface area contributed by atoms with Crippen LogP contribution in [0.15, 0.2) is 29.4 Å². The first kappa shape index (κ1) is 15.1. The first-order valence-corrected chi connectivity index (χ1v) is 6.29. The number of ether oxygens (including phenoxy) is 2. The molecule has 5 nitrogen and oxygen atoms in total. The lowest BCUT2D eigenvalue weighted by molar-refractivity contribution is -0.153. The van der Waals surface area contributed by atoms with Crippen LogP contribution in [0.5, 0.6) is 5.75 Å². The molecule has 0 fully saturated rings. The number of nitroso groups, excluding NO2 is 1. The molecule has 0 N–H and O–H groups in total. The molecule has 0 aliphatic rings. The van der Waals surface area contributed by atoms with E-state index >= 15 is 0 Å². The largest absolute Gasteiger partial charge is 0.478 e. The number of nitrogens with zero attached hydrogens (tertiary/aromatic N) is 1. The Labute approximate surface area is 112 Å². The molecule has 1 aromatic rings. The molecular weight excluding hydrogens is 246 g/mol. The Kier molecular flexibility index (Phi) is 5.99. The minimum Gasteiger partial charge on any atom is -0.478 e. The summed E-state index contributed by atoms with van der Waals surface area (Å²) in [5.74, 6) is 0.216. The normalized spacial score (nSPS) is 12.0. The van der Waals surface area contributed by atoms with Crippen molar-refractivity contribution in [1.29, 1.82) is 0 Å². The minimum absolute atomic E-state index is 0.00960. The maximum absolute atomic E-state index is 11.8. The molecule has 104 valence electrons. The summed E-state index contributed by atoms with van der Waals surface area (Å²) in [6, 6.07) is 6.93. The predicted molar refractivity (Wildman–Crippen MR) is 71.8 cm³/mol. The SMILES string of the molecule is CCOC(=O)[C@@H](Oc1ccc(CN=O)cc1)C(C)C. The summed E-state index contributed by atoms with van der Waals surface area (Å²) in [6.07, 6.45) is -0.630. The van der Waals surface area contributed by atoms with Gasteiger partial charge < -0.3 is 9.47 Å². The number of carbonyl (C=O) groups excluding carboxylic acids is 1. The Bertz CT molecular complexity index is 414. The second-order valence-corrected chi connectivity index (χ2v) is 4.47. The van der Waals surface area contributed by atoms with Gasteiger partial charge >= 0.3 is 5.97 Å². The molecule has 0 bridgehead atoms. The number of hydrogen-bond acceptors (Lipinski definition) is 5. The van der Waals surface area contributed by atoms with E-state index in [0.717, 1.165) is 5.56 Å². The molecule has 0 aliphatic heterocycles. The molecule has 0 aromatic heterocycles. The molecule has 1 atom stereocenters. The number of carbonyl (C=O) groups is 1. The van der Waals surface area contributed by atoms with Crippen LogP contribution in [0.4, 0.5) is 0 Å². The van der Waals surface area contributed by atoms with E-state index in [4.69, 9.17) is 9.47 Å². The third kappa shape index (κ3) is 4.69. The summed E-state index contributed by atoms with van der Waals surface area (Å²) in [5, 5.41) is 2.81. The molecule has 0 heterocycles. The smallest absolute Gasteiger partial charge is 0.347 e. The highest BCUT2D eigenvalue weighted by molar-refractivity contribution is 5.75. The van der Waals surface area contributed by atoms with Crippen LogP contribution in [-0.4, -0.2) is 18.7 Å². The lowest BCUT2D eigenvalue weighted by Crippen LogP contribution is -2.34. The number of benzene rings is 1. The van der Waals surface area contributed by atoms with Crippen LogP contribution in [0.3, 0.4) is 0 Å². The zero-order chi connectivity index (χ0) is 14.3. The van der Waals surface area contributed by atoms with Gasteiger partial charge in [-0.05, 0) is 24.6 Å². The van der Waals surface area contributed by atoms with Crippen molar-refractivity contribution in [3.63, 3.8) is 0 Å². The van der Waals surface area contributed by atoms with Crippen molar-refractivity contribution in [3.05, 3.63) is 34.7 Å². The van der Waals surface area contributed by atoms with Crippen molar-refractivity contribution in [2.45, 2.75) is 33.4 Å². The van der Waals surface area contributed by atoms with Gasteiger partial charge in [-0.15, -0.1) is 0 Å². The Morgan fingerprint density at radius 1 is 1.26 bits per heavy atom. The van der Waals surface area contributed by atoms with Gasteiger partial charge in [0.1, 0.15) is 12.3 Å².